The number of rotatable bonds is 17. The Bertz CT molecular complexity index is 3030. The minimum Gasteiger partial charge on any atom is -0.475 e. The number of benzene rings is 2. The number of methoxy groups -OCH3 is 2. The summed E-state index contributed by atoms with van der Waals surface area (Å²) in [5.41, 5.74) is 9.84. The van der Waals surface area contributed by atoms with E-state index < -0.39 is 59.7 Å². The number of carboxylic acid groups (broad SMARTS) is 1. The number of halogens is 3. The molecule has 0 unspecified atom stereocenters. The Kier molecular flexibility index (Phi) is 21.6. The van der Waals surface area contributed by atoms with Gasteiger partial charge >= 0.3 is 30.2 Å². The molecule has 5 amide bonds. The summed E-state index contributed by atoms with van der Waals surface area (Å²) in [6.07, 6.45) is -2.39. The number of aliphatic carboxylic acids is 1. The van der Waals surface area contributed by atoms with E-state index in [0.717, 1.165) is 61.2 Å². The van der Waals surface area contributed by atoms with Gasteiger partial charge in [0.25, 0.3) is 23.6 Å². The average Bonchev–Trinajstić information content (AvgIpc) is 4.21. The molecule has 27 heteroatoms. The number of carboxylic acids is 1. The van der Waals surface area contributed by atoms with Crippen LogP contribution in [0.3, 0.4) is 0 Å². The number of alkyl carbamates (subject to hydrolysis) is 1. The number of aromatic amines is 2. The van der Waals surface area contributed by atoms with Crippen molar-refractivity contribution in [3.63, 3.8) is 0 Å². The Labute approximate surface area is 441 Å². The number of hydrogen-bond acceptors (Lipinski definition) is 16. The van der Waals surface area contributed by atoms with Crippen LogP contribution < -0.4 is 32.3 Å². The second-order valence-corrected chi connectivity index (χ2v) is 20.1. The third-order valence-electron chi connectivity index (χ3n) is 10.6. The normalized spacial score (nSPS) is 12.0. The first kappa shape index (κ1) is 60.6. The van der Waals surface area contributed by atoms with E-state index in [-0.39, 0.29) is 43.3 Å². The van der Waals surface area contributed by atoms with Gasteiger partial charge in [-0.05, 0) is 79.1 Å². The highest BCUT2D eigenvalue weighted by molar-refractivity contribution is 7.16. The predicted molar refractivity (Wildman–Crippen MR) is 275 cm³/mol. The van der Waals surface area contributed by atoms with Crippen molar-refractivity contribution < 1.29 is 70.8 Å². The van der Waals surface area contributed by atoms with Gasteiger partial charge in [-0.3, -0.25) is 29.4 Å². The molecule has 22 nitrogen and oxygen atoms in total. The van der Waals surface area contributed by atoms with Gasteiger partial charge < -0.3 is 51.6 Å². The number of esters is 2. The maximum absolute atomic E-state index is 13.2. The molecule has 0 spiro atoms. The van der Waals surface area contributed by atoms with Gasteiger partial charge in [-0.2, -0.15) is 23.4 Å². The third-order valence-corrected chi connectivity index (χ3v) is 12.9. The number of nitrogens with zero attached hydrogens (tertiary/aromatic N) is 2. The Morgan fingerprint density at radius 3 is 1.45 bits per heavy atom. The van der Waals surface area contributed by atoms with Crippen LogP contribution in [0.15, 0.2) is 60.9 Å². The first-order valence-corrected chi connectivity index (χ1v) is 24.7. The largest absolute Gasteiger partial charge is 0.490 e. The Hall–Kier alpha value is -7.91. The van der Waals surface area contributed by atoms with Crippen LogP contribution in [0.1, 0.15) is 121 Å². The zero-order valence-electron chi connectivity index (χ0n) is 42.8. The van der Waals surface area contributed by atoms with Gasteiger partial charge in [0, 0.05) is 30.4 Å². The average molecular weight is 1100 g/mol. The molecular formula is C49H59F3N10O12S2. The molecule has 4 aromatic heterocycles. The number of carbonyl (C=O) groups excluding carboxylic acids is 7. The van der Waals surface area contributed by atoms with Crippen molar-refractivity contribution in [2.45, 2.75) is 97.3 Å². The number of ether oxygens (including phenoxy) is 3. The van der Waals surface area contributed by atoms with Crippen molar-refractivity contribution in [2.75, 3.05) is 27.3 Å². The lowest BCUT2D eigenvalue weighted by molar-refractivity contribution is -0.192. The number of nitrogens with two attached hydrogens (primary N) is 1. The first-order valence-electron chi connectivity index (χ1n) is 23.1. The molecule has 4 heterocycles. The van der Waals surface area contributed by atoms with E-state index in [9.17, 15) is 46.7 Å². The molecule has 0 radical (unpaired) electrons. The van der Waals surface area contributed by atoms with Gasteiger partial charge in [0.1, 0.15) is 17.7 Å². The van der Waals surface area contributed by atoms with Gasteiger partial charge in [0.2, 0.25) is 0 Å². The maximum Gasteiger partial charge on any atom is 0.490 e. The number of hydrogen-bond donors (Lipinski definition) is 9. The Morgan fingerprint density at radius 2 is 1.08 bits per heavy atom. The monoisotopic (exact) mass is 1100 g/mol. The van der Waals surface area contributed by atoms with E-state index in [2.05, 4.69) is 51.7 Å². The quantitative estimate of drug-likeness (QED) is 0.0373. The summed E-state index contributed by atoms with van der Waals surface area (Å²) in [6, 6.07) is 12.7. The molecule has 10 N–H and O–H groups in total. The van der Waals surface area contributed by atoms with Crippen LogP contribution in [0.4, 0.5) is 18.0 Å². The van der Waals surface area contributed by atoms with E-state index in [1.807, 2.05) is 64.1 Å². The Morgan fingerprint density at radius 1 is 0.671 bits per heavy atom. The van der Waals surface area contributed by atoms with Crippen molar-refractivity contribution in [1.82, 2.24) is 47.0 Å². The number of thiophene rings is 2. The van der Waals surface area contributed by atoms with Gasteiger partial charge in [-0.15, -0.1) is 22.7 Å². The molecule has 2 atom stereocenters. The number of amides is 5. The molecule has 0 fully saturated rings. The summed E-state index contributed by atoms with van der Waals surface area (Å²) in [7, 11) is 2.42. The van der Waals surface area contributed by atoms with E-state index in [1.165, 1.54) is 14.2 Å². The molecule has 2 aromatic carbocycles. The van der Waals surface area contributed by atoms with Crippen molar-refractivity contribution >= 4 is 92.1 Å². The van der Waals surface area contributed by atoms with Crippen LogP contribution in [0, 0.1) is 0 Å². The zero-order chi connectivity index (χ0) is 56.7. The molecule has 0 bridgehead atoms. The highest BCUT2D eigenvalue weighted by Crippen LogP contribution is 2.31. The third kappa shape index (κ3) is 17.1. The number of nitrogens with one attached hydrogen (secondary N) is 7. The molecule has 0 aliphatic carbocycles. The van der Waals surface area contributed by atoms with E-state index in [1.54, 1.807) is 45.3 Å². The van der Waals surface area contributed by atoms with Crippen molar-refractivity contribution in [3.8, 4) is 0 Å². The van der Waals surface area contributed by atoms with Gasteiger partial charge in [-0.1, -0.05) is 52.0 Å². The standard InChI is InChI=1S/C26H33N5O6S.C21H25N5O4S.C2HF3O2/c1-14(2)16-10-20(22(32)27-11-15-8-7-9-18-17(15)12-29-31-18)38-21(16)23(33)30-19(24(34)36-6)13-28-25(35)37-26(3,4)5;1-11(2)13-7-17(31-18(13)20(28)25-16(8-22)21(29)30-3)19(27)23-9-12-5-4-6-15-14(12)10-24-26-15;3-2(4,5)1(6)7/h7-10,12,14,19H,11,13H2,1-6H3,(H,27,32)(H,28,35)(H,29,31)(H,30,33);4-7,10-11,16H,8-9,22H2,1-3H3,(H,23,27)(H,24,26)(H,25,28);(H,6,7)/t19-;16-;/m00./s1. The first-order chi connectivity index (χ1) is 35.7. The highest BCUT2D eigenvalue weighted by atomic mass is 32.1. The summed E-state index contributed by atoms with van der Waals surface area (Å²) in [4.78, 5) is 98.2. The molecule has 0 saturated heterocycles. The molecule has 76 heavy (non-hydrogen) atoms. The lowest BCUT2D eigenvalue weighted by Gasteiger charge is -2.21. The summed E-state index contributed by atoms with van der Waals surface area (Å²) in [6.45, 7) is 13.1. The highest BCUT2D eigenvalue weighted by Gasteiger charge is 2.38. The molecule has 0 aliphatic rings. The fraction of sp³-hybridized carbons (Fsp3) is 0.388. The van der Waals surface area contributed by atoms with Crippen LogP contribution in [0.2, 0.25) is 0 Å². The second-order valence-electron chi connectivity index (χ2n) is 18.0. The van der Waals surface area contributed by atoms with E-state index in [4.69, 9.17) is 25.1 Å². The minimum absolute atomic E-state index is 0.00711. The second kappa shape index (κ2) is 27.0. The van der Waals surface area contributed by atoms with Gasteiger partial charge in [0.15, 0.2) is 0 Å². The van der Waals surface area contributed by atoms with Gasteiger partial charge in [0.05, 0.1) is 63.7 Å². The smallest absolute Gasteiger partial charge is 0.475 e. The fourth-order valence-electron chi connectivity index (χ4n) is 6.78. The summed E-state index contributed by atoms with van der Waals surface area (Å²) in [5.74, 6) is -5.79. The molecule has 410 valence electrons. The van der Waals surface area contributed by atoms with Crippen molar-refractivity contribution in [2.24, 2.45) is 5.73 Å². The maximum atomic E-state index is 13.2. The molecule has 0 aliphatic heterocycles. The lowest BCUT2D eigenvalue weighted by Crippen LogP contribution is -2.49. The van der Waals surface area contributed by atoms with E-state index >= 15 is 0 Å². The molecule has 6 aromatic rings. The van der Waals surface area contributed by atoms with Crippen molar-refractivity contribution in [1.29, 1.82) is 0 Å². The van der Waals surface area contributed by atoms with E-state index in [0.29, 0.717) is 31.6 Å². The number of carbonyl (C=O) groups is 8. The summed E-state index contributed by atoms with van der Waals surface area (Å²) in [5, 5.41) is 36.3. The van der Waals surface area contributed by atoms with Crippen molar-refractivity contribution in [3.05, 3.63) is 103 Å². The minimum atomic E-state index is -5.08. The van der Waals surface area contributed by atoms with Crippen LogP contribution in [-0.4, -0.2) is 124 Å². The van der Waals surface area contributed by atoms with Crippen LogP contribution in [0.5, 0.6) is 0 Å². The molecule has 0 saturated carbocycles. The zero-order valence-corrected chi connectivity index (χ0v) is 44.4. The van der Waals surface area contributed by atoms with Crippen LogP contribution in [-0.2, 0) is 41.7 Å². The number of H-pyrrole nitrogens is 2. The van der Waals surface area contributed by atoms with Gasteiger partial charge in [-0.25, -0.2) is 19.2 Å². The predicted octanol–water partition coefficient (Wildman–Crippen LogP) is 6.02. The fourth-order valence-corrected chi connectivity index (χ4v) is 9.05. The topological polar surface area (TPSA) is 328 Å². The SMILES string of the molecule is COC(=O)[C@H](CN)NC(=O)c1sc(C(=O)NCc2cccc3[nH]ncc23)cc1C(C)C.COC(=O)[C@H](CNC(=O)OC(C)(C)C)NC(=O)c1sc(C(=O)NCc2cccc3[nH]ncc23)cc1C(C)C.O=C(O)C(F)(F)F. The lowest BCUT2D eigenvalue weighted by atomic mass is 10.0. The number of aromatic nitrogens is 4. The number of fused-ring (bicyclic) bond motifs is 2. The molecular weight excluding hydrogens is 1040 g/mol. The number of alkyl halides is 3. The Balaban J connectivity index is 0.000000296. The summed E-state index contributed by atoms with van der Waals surface area (Å²) < 4.78 is 46.4. The van der Waals surface area contributed by atoms with Crippen LogP contribution in [0.25, 0.3) is 21.8 Å². The summed E-state index contributed by atoms with van der Waals surface area (Å²) >= 11 is 2.11. The molecule has 6 rings (SSSR count). The van der Waals surface area contributed by atoms with Crippen LogP contribution >= 0.6 is 22.7 Å².